The van der Waals surface area contributed by atoms with Gasteiger partial charge in [0.1, 0.15) is 5.69 Å². The Labute approximate surface area is 107 Å². The Morgan fingerprint density at radius 2 is 2.00 bits per heavy atom. The number of aryl methyl sites for hydroxylation is 1. The molecule has 0 fully saturated rings. The van der Waals surface area contributed by atoms with E-state index in [1.165, 1.54) is 0 Å². The molecule has 0 atom stereocenters. The van der Waals surface area contributed by atoms with Crippen LogP contribution in [-0.4, -0.2) is 15.0 Å². The third kappa shape index (κ3) is 3.40. The Morgan fingerprint density at radius 1 is 1.21 bits per heavy atom. The summed E-state index contributed by atoms with van der Waals surface area (Å²) in [5.41, 5.74) is 0.908. The molecule has 2 rings (SSSR count). The average Bonchev–Trinajstić information content (AvgIpc) is 2.37. The van der Waals surface area contributed by atoms with Crippen LogP contribution < -0.4 is 5.32 Å². The van der Waals surface area contributed by atoms with Gasteiger partial charge in [0, 0.05) is 25.1 Å². The van der Waals surface area contributed by atoms with Gasteiger partial charge in [-0.1, -0.05) is 0 Å². The van der Waals surface area contributed by atoms with Crippen LogP contribution in [0.3, 0.4) is 0 Å². The van der Waals surface area contributed by atoms with E-state index in [9.17, 15) is 13.2 Å². The van der Waals surface area contributed by atoms with E-state index >= 15 is 0 Å². The third-order valence-corrected chi connectivity index (χ3v) is 2.53. The molecule has 2 heterocycles. The molecule has 0 unspecified atom stereocenters. The van der Waals surface area contributed by atoms with Crippen LogP contribution in [0, 0.1) is 6.92 Å². The summed E-state index contributed by atoms with van der Waals surface area (Å²) in [5.74, 6) is -0.0573. The smallest absolute Gasteiger partial charge is 0.350 e. The van der Waals surface area contributed by atoms with Crippen LogP contribution in [0.4, 0.5) is 19.1 Å². The van der Waals surface area contributed by atoms with Crippen LogP contribution in [-0.2, 0) is 12.7 Å². The fourth-order valence-corrected chi connectivity index (χ4v) is 1.46. The summed E-state index contributed by atoms with van der Waals surface area (Å²) in [5, 5.41) is 2.75. The van der Waals surface area contributed by atoms with Crippen molar-refractivity contribution in [1.29, 1.82) is 0 Å². The summed E-state index contributed by atoms with van der Waals surface area (Å²) < 4.78 is 37.4. The van der Waals surface area contributed by atoms with Crippen LogP contribution in [0.5, 0.6) is 0 Å². The van der Waals surface area contributed by atoms with Crippen LogP contribution in [0.1, 0.15) is 16.8 Å². The van der Waals surface area contributed by atoms with Crippen LogP contribution in [0.25, 0.3) is 0 Å². The van der Waals surface area contributed by atoms with E-state index in [2.05, 4.69) is 20.3 Å². The van der Waals surface area contributed by atoms with Crippen molar-refractivity contribution in [2.24, 2.45) is 0 Å². The van der Waals surface area contributed by atoms with E-state index < -0.39 is 11.9 Å². The van der Waals surface area contributed by atoms with Gasteiger partial charge in [0.25, 0.3) is 0 Å². The van der Waals surface area contributed by atoms with E-state index in [0.29, 0.717) is 6.54 Å². The summed E-state index contributed by atoms with van der Waals surface area (Å²) in [4.78, 5) is 11.1. The maximum Gasteiger partial charge on any atom is 0.433 e. The minimum Gasteiger partial charge on any atom is -0.350 e. The Morgan fingerprint density at radius 3 is 2.68 bits per heavy atom. The van der Waals surface area contributed by atoms with Crippen molar-refractivity contribution < 1.29 is 13.2 Å². The molecule has 0 saturated heterocycles. The average molecular weight is 268 g/mol. The molecule has 0 aliphatic rings. The van der Waals surface area contributed by atoms with Gasteiger partial charge < -0.3 is 5.32 Å². The van der Waals surface area contributed by atoms with Crippen molar-refractivity contribution in [3.63, 3.8) is 0 Å². The lowest BCUT2D eigenvalue weighted by Crippen LogP contribution is -2.11. The topological polar surface area (TPSA) is 50.7 Å². The van der Waals surface area contributed by atoms with Crippen molar-refractivity contribution in [3.8, 4) is 0 Å². The second kappa shape index (κ2) is 5.21. The Hall–Kier alpha value is -2.18. The number of nitrogens with one attached hydrogen (secondary N) is 1. The first-order chi connectivity index (χ1) is 8.97. The lowest BCUT2D eigenvalue weighted by molar-refractivity contribution is -0.141. The predicted molar refractivity (Wildman–Crippen MR) is 63.3 cm³/mol. The van der Waals surface area contributed by atoms with Crippen molar-refractivity contribution in [2.75, 3.05) is 5.32 Å². The van der Waals surface area contributed by atoms with E-state index in [0.717, 1.165) is 23.4 Å². The summed E-state index contributed by atoms with van der Waals surface area (Å²) >= 11 is 0. The molecule has 2 aromatic rings. The van der Waals surface area contributed by atoms with Crippen molar-refractivity contribution in [3.05, 3.63) is 47.5 Å². The normalized spacial score (nSPS) is 11.4. The number of aromatic nitrogens is 3. The molecular formula is C12H11F3N4. The lowest BCUT2D eigenvalue weighted by Gasteiger charge is -2.09. The summed E-state index contributed by atoms with van der Waals surface area (Å²) in [6.07, 6.45) is -0.0899. The monoisotopic (exact) mass is 268 g/mol. The number of pyridine rings is 1. The van der Waals surface area contributed by atoms with Gasteiger partial charge in [-0.2, -0.15) is 13.2 Å². The van der Waals surface area contributed by atoms with Crippen molar-refractivity contribution in [2.45, 2.75) is 19.6 Å². The van der Waals surface area contributed by atoms with Crippen LogP contribution >= 0.6 is 0 Å². The van der Waals surface area contributed by atoms with Crippen LogP contribution in [0.15, 0.2) is 30.7 Å². The predicted octanol–water partition coefficient (Wildman–Crippen LogP) is 2.81. The van der Waals surface area contributed by atoms with Crippen LogP contribution in [0.2, 0.25) is 0 Å². The fourth-order valence-electron chi connectivity index (χ4n) is 1.46. The van der Waals surface area contributed by atoms with Gasteiger partial charge in [0.05, 0.1) is 0 Å². The highest BCUT2D eigenvalue weighted by Crippen LogP contribution is 2.27. The summed E-state index contributed by atoms with van der Waals surface area (Å²) in [7, 11) is 0. The minimum absolute atomic E-state index is 0.0573. The highest BCUT2D eigenvalue weighted by atomic mass is 19.4. The van der Waals surface area contributed by atoms with Gasteiger partial charge in [0.2, 0.25) is 5.95 Å². The zero-order valence-electron chi connectivity index (χ0n) is 10.1. The Bertz CT molecular complexity index is 569. The second-order valence-electron chi connectivity index (χ2n) is 3.92. The number of nitrogens with zero attached hydrogens (tertiary/aromatic N) is 3. The summed E-state index contributed by atoms with van der Waals surface area (Å²) in [6, 6.07) is 2.66. The first-order valence-electron chi connectivity index (χ1n) is 5.50. The largest absolute Gasteiger partial charge is 0.433 e. The van der Waals surface area contributed by atoms with Gasteiger partial charge >= 0.3 is 6.18 Å². The Balaban J connectivity index is 2.10. The number of alkyl halides is 3. The molecule has 2 aromatic heterocycles. The molecule has 0 saturated carbocycles. The van der Waals surface area contributed by atoms with E-state index in [-0.39, 0.29) is 5.95 Å². The molecule has 0 aliphatic heterocycles. The molecule has 0 aliphatic carbocycles. The zero-order chi connectivity index (χ0) is 13.9. The van der Waals surface area contributed by atoms with Gasteiger partial charge in [-0.05, 0) is 30.2 Å². The first kappa shape index (κ1) is 13.3. The number of anilines is 1. The molecule has 7 heteroatoms. The quantitative estimate of drug-likeness (QED) is 0.930. The Kier molecular flexibility index (Phi) is 3.64. The molecule has 100 valence electrons. The maximum atomic E-state index is 12.5. The zero-order valence-corrected chi connectivity index (χ0v) is 10.1. The second-order valence-corrected chi connectivity index (χ2v) is 3.92. The number of rotatable bonds is 3. The van der Waals surface area contributed by atoms with Gasteiger partial charge in [0.15, 0.2) is 0 Å². The number of halogens is 3. The van der Waals surface area contributed by atoms with Gasteiger partial charge in [-0.25, -0.2) is 9.97 Å². The highest BCUT2D eigenvalue weighted by Gasteiger charge is 2.32. The number of hydrogen-bond acceptors (Lipinski definition) is 4. The van der Waals surface area contributed by atoms with Gasteiger partial charge in [-0.15, -0.1) is 0 Å². The fraction of sp³-hybridized carbons (Fsp3) is 0.250. The number of hydrogen-bond donors (Lipinski definition) is 1. The molecule has 4 nitrogen and oxygen atoms in total. The lowest BCUT2D eigenvalue weighted by atomic mass is 10.2. The standard InChI is InChI=1S/C12H11F3N4/c1-8-2-4-16-6-9(8)7-18-11-17-5-3-10(19-11)12(13,14)15/h2-6H,7H2,1H3,(H,17,18,19). The highest BCUT2D eigenvalue weighted by molar-refractivity contribution is 5.30. The van der Waals surface area contributed by atoms with E-state index in [4.69, 9.17) is 0 Å². The van der Waals surface area contributed by atoms with Crippen molar-refractivity contribution in [1.82, 2.24) is 15.0 Å². The molecule has 0 bridgehead atoms. The summed E-state index contributed by atoms with van der Waals surface area (Å²) in [6.45, 7) is 2.21. The third-order valence-electron chi connectivity index (χ3n) is 2.53. The molecule has 0 spiro atoms. The molecule has 0 radical (unpaired) electrons. The minimum atomic E-state index is -4.47. The molecule has 1 N–H and O–H groups in total. The van der Waals surface area contributed by atoms with E-state index in [1.807, 2.05) is 13.0 Å². The van der Waals surface area contributed by atoms with E-state index in [1.54, 1.807) is 12.4 Å². The molecule has 0 aromatic carbocycles. The SMILES string of the molecule is Cc1ccncc1CNc1nccc(C(F)(F)F)n1. The maximum absolute atomic E-state index is 12.5. The molecular weight excluding hydrogens is 257 g/mol. The first-order valence-corrected chi connectivity index (χ1v) is 5.50. The van der Waals surface area contributed by atoms with Gasteiger partial charge in [-0.3, -0.25) is 4.98 Å². The molecule has 0 amide bonds. The van der Waals surface area contributed by atoms with Crippen molar-refractivity contribution >= 4 is 5.95 Å². The molecule has 19 heavy (non-hydrogen) atoms.